The number of aryl methyl sites for hydroxylation is 2. The molecular formula is C17H23NS. The predicted octanol–water partition coefficient (Wildman–Crippen LogP) is 4.43. The first-order valence-electron chi connectivity index (χ1n) is 6.80. The van der Waals surface area contributed by atoms with Crippen molar-refractivity contribution in [3.8, 4) is 0 Å². The molecule has 0 aliphatic heterocycles. The summed E-state index contributed by atoms with van der Waals surface area (Å²) in [6, 6.07) is 11.1. The van der Waals surface area contributed by atoms with Crippen molar-refractivity contribution >= 4 is 11.3 Å². The third-order valence-corrected chi connectivity index (χ3v) is 4.89. The van der Waals surface area contributed by atoms with Gasteiger partial charge in [0, 0.05) is 23.4 Å². The van der Waals surface area contributed by atoms with Crippen LogP contribution in [0.4, 0.5) is 0 Å². The zero-order valence-corrected chi connectivity index (χ0v) is 13.1. The molecule has 2 rings (SSSR count). The molecule has 102 valence electrons. The molecule has 0 radical (unpaired) electrons. The summed E-state index contributed by atoms with van der Waals surface area (Å²) in [6.07, 6.45) is 0. The molecule has 19 heavy (non-hydrogen) atoms. The van der Waals surface area contributed by atoms with Crippen molar-refractivity contribution in [2.24, 2.45) is 0 Å². The molecule has 0 aliphatic rings. The van der Waals surface area contributed by atoms with Gasteiger partial charge in [-0.1, -0.05) is 38.1 Å². The first-order chi connectivity index (χ1) is 8.99. The second kappa shape index (κ2) is 5.89. The quantitative estimate of drug-likeness (QED) is 0.849. The van der Waals surface area contributed by atoms with E-state index in [0.29, 0.717) is 0 Å². The van der Waals surface area contributed by atoms with Crippen molar-refractivity contribution in [2.75, 3.05) is 6.54 Å². The standard InChI is InChI=1S/C17H23NS/c1-13-7-8-15(10-14(13)2)11-18-12-17(3,4)16-6-5-9-19-16/h5-10,18H,11-12H2,1-4H3. The molecule has 0 atom stereocenters. The van der Waals surface area contributed by atoms with Crippen molar-refractivity contribution in [3.63, 3.8) is 0 Å². The van der Waals surface area contributed by atoms with Gasteiger partial charge in [0.25, 0.3) is 0 Å². The van der Waals surface area contributed by atoms with Crippen LogP contribution >= 0.6 is 11.3 Å². The van der Waals surface area contributed by atoms with Crippen LogP contribution in [0.5, 0.6) is 0 Å². The maximum absolute atomic E-state index is 3.58. The highest BCUT2D eigenvalue weighted by Crippen LogP contribution is 2.26. The molecule has 0 fully saturated rings. The zero-order valence-electron chi connectivity index (χ0n) is 12.3. The van der Waals surface area contributed by atoms with Crippen molar-refractivity contribution < 1.29 is 0 Å². The largest absolute Gasteiger partial charge is 0.312 e. The summed E-state index contributed by atoms with van der Waals surface area (Å²) < 4.78 is 0. The molecular weight excluding hydrogens is 250 g/mol. The number of rotatable bonds is 5. The number of benzene rings is 1. The highest BCUT2D eigenvalue weighted by atomic mass is 32.1. The van der Waals surface area contributed by atoms with Gasteiger partial charge in [-0.05, 0) is 42.0 Å². The van der Waals surface area contributed by atoms with Gasteiger partial charge in [-0.3, -0.25) is 0 Å². The Labute approximate surface area is 120 Å². The minimum atomic E-state index is 0.202. The van der Waals surface area contributed by atoms with E-state index in [0.717, 1.165) is 13.1 Å². The molecule has 1 aromatic heterocycles. The zero-order chi connectivity index (χ0) is 13.9. The molecule has 0 saturated heterocycles. The van der Waals surface area contributed by atoms with Crippen LogP contribution in [0, 0.1) is 13.8 Å². The molecule has 0 bridgehead atoms. The fourth-order valence-electron chi connectivity index (χ4n) is 2.18. The SMILES string of the molecule is Cc1ccc(CNCC(C)(C)c2cccs2)cc1C. The second-order valence-corrected chi connectivity index (χ2v) is 6.83. The lowest BCUT2D eigenvalue weighted by Crippen LogP contribution is -2.31. The Kier molecular flexibility index (Phi) is 4.43. The summed E-state index contributed by atoms with van der Waals surface area (Å²) in [7, 11) is 0. The van der Waals surface area contributed by atoms with Gasteiger partial charge in [-0.2, -0.15) is 0 Å². The Bertz CT molecular complexity index is 526. The van der Waals surface area contributed by atoms with E-state index in [4.69, 9.17) is 0 Å². The third-order valence-electron chi connectivity index (χ3n) is 3.66. The fraction of sp³-hybridized carbons (Fsp3) is 0.412. The van der Waals surface area contributed by atoms with Crippen molar-refractivity contribution in [1.82, 2.24) is 5.32 Å². The van der Waals surface area contributed by atoms with Crippen LogP contribution in [-0.2, 0) is 12.0 Å². The highest BCUT2D eigenvalue weighted by molar-refractivity contribution is 7.10. The summed E-state index contributed by atoms with van der Waals surface area (Å²) in [5, 5.41) is 5.74. The van der Waals surface area contributed by atoms with Gasteiger partial charge in [-0.15, -0.1) is 11.3 Å². The number of nitrogens with one attached hydrogen (secondary N) is 1. The summed E-state index contributed by atoms with van der Waals surface area (Å²) in [4.78, 5) is 1.44. The maximum atomic E-state index is 3.58. The minimum Gasteiger partial charge on any atom is -0.312 e. The number of thiophene rings is 1. The molecule has 2 heteroatoms. The summed E-state index contributed by atoms with van der Waals surface area (Å²) in [6.45, 7) is 10.9. The van der Waals surface area contributed by atoms with E-state index < -0.39 is 0 Å². The highest BCUT2D eigenvalue weighted by Gasteiger charge is 2.20. The van der Waals surface area contributed by atoms with E-state index in [1.54, 1.807) is 0 Å². The Morgan fingerprint density at radius 3 is 2.53 bits per heavy atom. The molecule has 1 N–H and O–H groups in total. The van der Waals surface area contributed by atoms with E-state index in [2.05, 4.69) is 68.7 Å². The number of hydrogen-bond acceptors (Lipinski definition) is 2. The predicted molar refractivity (Wildman–Crippen MR) is 85.0 cm³/mol. The monoisotopic (exact) mass is 273 g/mol. The fourth-order valence-corrected chi connectivity index (χ4v) is 3.04. The van der Waals surface area contributed by atoms with Gasteiger partial charge < -0.3 is 5.32 Å². The molecule has 1 nitrogen and oxygen atoms in total. The Morgan fingerprint density at radius 1 is 1.11 bits per heavy atom. The average molecular weight is 273 g/mol. The molecule has 1 heterocycles. The van der Waals surface area contributed by atoms with Gasteiger partial charge in [0.1, 0.15) is 0 Å². The van der Waals surface area contributed by atoms with E-state index in [-0.39, 0.29) is 5.41 Å². The van der Waals surface area contributed by atoms with E-state index in [9.17, 15) is 0 Å². The molecule has 0 amide bonds. The van der Waals surface area contributed by atoms with Crippen molar-refractivity contribution in [2.45, 2.75) is 39.7 Å². The van der Waals surface area contributed by atoms with Crippen LogP contribution in [0.25, 0.3) is 0 Å². The normalized spacial score (nSPS) is 11.8. The smallest absolute Gasteiger partial charge is 0.0205 e. The molecule has 0 aliphatic carbocycles. The van der Waals surface area contributed by atoms with Gasteiger partial charge in [0.2, 0.25) is 0 Å². The van der Waals surface area contributed by atoms with Crippen LogP contribution in [0.3, 0.4) is 0 Å². The van der Waals surface area contributed by atoms with Gasteiger partial charge >= 0.3 is 0 Å². The molecule has 0 saturated carbocycles. The van der Waals surface area contributed by atoms with Crippen molar-refractivity contribution in [1.29, 1.82) is 0 Å². The Morgan fingerprint density at radius 2 is 1.89 bits per heavy atom. The number of hydrogen-bond donors (Lipinski definition) is 1. The van der Waals surface area contributed by atoms with Gasteiger partial charge in [-0.25, -0.2) is 0 Å². The lowest BCUT2D eigenvalue weighted by molar-refractivity contribution is 0.477. The first-order valence-corrected chi connectivity index (χ1v) is 7.68. The van der Waals surface area contributed by atoms with Gasteiger partial charge in [0.15, 0.2) is 0 Å². The van der Waals surface area contributed by atoms with Crippen LogP contribution in [0.1, 0.15) is 35.4 Å². The third kappa shape index (κ3) is 3.68. The van der Waals surface area contributed by atoms with Crippen molar-refractivity contribution in [3.05, 3.63) is 57.3 Å². The van der Waals surface area contributed by atoms with E-state index >= 15 is 0 Å². The lowest BCUT2D eigenvalue weighted by Gasteiger charge is -2.24. The average Bonchev–Trinajstić information content (AvgIpc) is 2.88. The maximum Gasteiger partial charge on any atom is 0.0205 e. The molecule has 0 spiro atoms. The van der Waals surface area contributed by atoms with E-state index in [1.165, 1.54) is 21.6 Å². The second-order valence-electron chi connectivity index (χ2n) is 5.88. The summed E-state index contributed by atoms with van der Waals surface area (Å²) in [5.41, 5.74) is 4.30. The summed E-state index contributed by atoms with van der Waals surface area (Å²) in [5.74, 6) is 0. The van der Waals surface area contributed by atoms with Gasteiger partial charge in [0.05, 0.1) is 0 Å². The van der Waals surface area contributed by atoms with E-state index in [1.807, 2.05) is 11.3 Å². The first kappa shape index (κ1) is 14.3. The van der Waals surface area contributed by atoms with Crippen LogP contribution in [0.15, 0.2) is 35.7 Å². The minimum absolute atomic E-state index is 0.202. The van der Waals surface area contributed by atoms with Crippen LogP contribution < -0.4 is 5.32 Å². The molecule has 1 aromatic carbocycles. The Hall–Kier alpha value is -1.12. The van der Waals surface area contributed by atoms with Crippen LogP contribution in [0.2, 0.25) is 0 Å². The van der Waals surface area contributed by atoms with Crippen LogP contribution in [-0.4, -0.2) is 6.54 Å². The molecule has 2 aromatic rings. The Balaban J connectivity index is 1.91. The molecule has 0 unspecified atom stereocenters. The summed E-state index contributed by atoms with van der Waals surface area (Å²) >= 11 is 1.84. The lowest BCUT2D eigenvalue weighted by atomic mass is 9.91. The topological polar surface area (TPSA) is 12.0 Å².